The van der Waals surface area contributed by atoms with Gasteiger partial charge in [-0.1, -0.05) is 37.3 Å². The second-order valence-electron chi connectivity index (χ2n) is 6.03. The van der Waals surface area contributed by atoms with Crippen LogP contribution in [-0.4, -0.2) is 12.0 Å². The van der Waals surface area contributed by atoms with Gasteiger partial charge in [0.15, 0.2) is 0 Å². The zero-order valence-electron chi connectivity index (χ0n) is 15.0. The van der Waals surface area contributed by atoms with E-state index in [0.717, 1.165) is 28.4 Å². The van der Waals surface area contributed by atoms with Gasteiger partial charge in [0, 0.05) is 10.9 Å². The van der Waals surface area contributed by atoms with E-state index >= 15 is 0 Å². The zero-order chi connectivity index (χ0) is 17.6. The van der Waals surface area contributed by atoms with E-state index in [4.69, 9.17) is 9.72 Å². The maximum atomic E-state index is 6.04. The predicted octanol–water partition coefficient (Wildman–Crippen LogP) is 5.23. The summed E-state index contributed by atoms with van der Waals surface area (Å²) in [4.78, 5) is 4.77. The summed E-state index contributed by atoms with van der Waals surface area (Å²) in [5.74, 6) is 0.953. The molecule has 3 rings (SSSR count). The van der Waals surface area contributed by atoms with Gasteiger partial charge in [-0.25, -0.2) is 4.98 Å². The van der Waals surface area contributed by atoms with Crippen LogP contribution in [0.25, 0.3) is 11.3 Å². The molecule has 1 aromatic heterocycles. The third kappa shape index (κ3) is 4.27. The van der Waals surface area contributed by atoms with E-state index in [2.05, 4.69) is 54.9 Å². The molecule has 3 nitrogen and oxygen atoms in total. The average Bonchev–Trinajstić information content (AvgIpc) is 3.16. The quantitative estimate of drug-likeness (QED) is 0.632. The maximum absolute atomic E-state index is 6.04. The Balaban J connectivity index is 1.78. The highest BCUT2D eigenvalue weighted by molar-refractivity contribution is 7.10. The van der Waals surface area contributed by atoms with Crippen LogP contribution in [0.3, 0.4) is 0 Å². The van der Waals surface area contributed by atoms with Gasteiger partial charge in [-0.3, -0.25) is 0 Å². The van der Waals surface area contributed by atoms with E-state index in [9.17, 15) is 0 Å². The third-order valence-electron chi connectivity index (χ3n) is 4.30. The molecular formula is C21H24N2OS. The Bertz CT molecular complexity index is 814. The lowest BCUT2D eigenvalue weighted by atomic mass is 10.1. The van der Waals surface area contributed by atoms with Crippen molar-refractivity contribution in [3.8, 4) is 17.0 Å². The predicted molar refractivity (Wildman–Crippen MR) is 105 cm³/mol. The van der Waals surface area contributed by atoms with Gasteiger partial charge < -0.3 is 10.1 Å². The number of nitrogens with zero attached hydrogens (tertiary/aromatic N) is 1. The Morgan fingerprint density at radius 3 is 2.68 bits per heavy atom. The number of nitrogens with one attached hydrogen (secondary N) is 1. The Hall–Kier alpha value is -2.17. The van der Waals surface area contributed by atoms with Crippen LogP contribution in [0, 0.1) is 0 Å². The van der Waals surface area contributed by atoms with Crippen LogP contribution in [0.15, 0.2) is 53.9 Å². The third-order valence-corrected chi connectivity index (χ3v) is 5.33. The Kier molecular flexibility index (Phi) is 5.84. The number of aryl methyl sites for hydroxylation is 1. The van der Waals surface area contributed by atoms with Crippen LogP contribution in [0.4, 0.5) is 0 Å². The first-order valence-electron chi connectivity index (χ1n) is 8.64. The summed E-state index contributed by atoms with van der Waals surface area (Å²) < 4.78 is 6.04. The summed E-state index contributed by atoms with van der Waals surface area (Å²) in [5, 5.41) is 6.48. The second kappa shape index (κ2) is 8.28. The first kappa shape index (κ1) is 17.6. The highest BCUT2D eigenvalue weighted by Gasteiger charge is 2.11. The van der Waals surface area contributed by atoms with Crippen LogP contribution < -0.4 is 10.1 Å². The summed E-state index contributed by atoms with van der Waals surface area (Å²) in [7, 11) is 1.96. The van der Waals surface area contributed by atoms with Gasteiger partial charge in [-0.05, 0) is 49.7 Å². The molecule has 1 atom stereocenters. The molecule has 0 fully saturated rings. The number of hydrogen-bond acceptors (Lipinski definition) is 4. The Morgan fingerprint density at radius 2 is 1.96 bits per heavy atom. The number of thiazole rings is 1. The average molecular weight is 353 g/mol. The van der Waals surface area contributed by atoms with Crippen LogP contribution in [-0.2, 0) is 13.0 Å². The molecule has 0 radical (unpaired) electrons. The van der Waals surface area contributed by atoms with Crippen LogP contribution in [0.5, 0.6) is 5.75 Å². The maximum Gasteiger partial charge on any atom is 0.123 e. The van der Waals surface area contributed by atoms with E-state index < -0.39 is 0 Å². The second-order valence-corrected chi connectivity index (χ2v) is 6.92. The summed E-state index contributed by atoms with van der Waals surface area (Å²) >= 11 is 1.70. The minimum atomic E-state index is 0.276. The minimum absolute atomic E-state index is 0.276. The van der Waals surface area contributed by atoms with Crippen molar-refractivity contribution < 1.29 is 4.74 Å². The van der Waals surface area contributed by atoms with Crippen molar-refractivity contribution in [1.82, 2.24) is 10.3 Å². The molecule has 1 unspecified atom stereocenters. The summed E-state index contributed by atoms with van der Waals surface area (Å²) in [6.07, 6.45) is 0.932. The molecule has 0 amide bonds. The highest BCUT2D eigenvalue weighted by Crippen LogP contribution is 2.30. The molecule has 25 heavy (non-hydrogen) atoms. The van der Waals surface area contributed by atoms with E-state index in [1.807, 2.05) is 25.2 Å². The SMILES string of the molecule is CCc1cc(-c2csc(C(C)NC)n2)ccc1OCc1ccccc1. The van der Waals surface area contributed by atoms with E-state index in [-0.39, 0.29) is 6.04 Å². The number of benzene rings is 2. The lowest BCUT2D eigenvalue weighted by molar-refractivity contribution is 0.303. The fourth-order valence-corrected chi connectivity index (χ4v) is 3.53. The van der Waals surface area contributed by atoms with Gasteiger partial charge in [0.1, 0.15) is 17.4 Å². The van der Waals surface area contributed by atoms with E-state index in [1.165, 1.54) is 11.1 Å². The van der Waals surface area contributed by atoms with Crippen molar-refractivity contribution in [3.05, 3.63) is 70.0 Å². The minimum Gasteiger partial charge on any atom is -0.489 e. The highest BCUT2D eigenvalue weighted by atomic mass is 32.1. The Labute approximate surface area is 153 Å². The van der Waals surface area contributed by atoms with Crippen molar-refractivity contribution in [1.29, 1.82) is 0 Å². The normalized spacial score (nSPS) is 12.1. The summed E-state index contributed by atoms with van der Waals surface area (Å²) in [5.41, 5.74) is 4.57. The van der Waals surface area contributed by atoms with Gasteiger partial charge in [-0.2, -0.15) is 0 Å². The summed E-state index contributed by atoms with van der Waals surface area (Å²) in [6.45, 7) is 4.87. The van der Waals surface area contributed by atoms with Gasteiger partial charge in [0.2, 0.25) is 0 Å². The Morgan fingerprint density at radius 1 is 1.16 bits per heavy atom. The monoisotopic (exact) mass is 352 g/mol. The van der Waals surface area contributed by atoms with Crippen molar-refractivity contribution in [3.63, 3.8) is 0 Å². The van der Waals surface area contributed by atoms with Crippen LogP contribution in [0.1, 0.15) is 36.0 Å². The number of ether oxygens (including phenoxy) is 1. The van der Waals surface area contributed by atoms with Crippen LogP contribution in [0.2, 0.25) is 0 Å². The van der Waals surface area contributed by atoms with Crippen molar-refractivity contribution in [2.24, 2.45) is 0 Å². The molecule has 0 saturated heterocycles. The molecule has 0 bridgehead atoms. The number of rotatable bonds is 7. The summed E-state index contributed by atoms with van der Waals surface area (Å²) in [6, 6.07) is 16.9. The molecule has 0 spiro atoms. The van der Waals surface area contributed by atoms with Crippen molar-refractivity contribution >= 4 is 11.3 Å². The molecule has 3 aromatic rings. The van der Waals surface area contributed by atoms with Gasteiger partial charge in [0.25, 0.3) is 0 Å². The van der Waals surface area contributed by atoms with Crippen molar-refractivity contribution in [2.45, 2.75) is 32.9 Å². The molecule has 4 heteroatoms. The molecule has 0 saturated carbocycles. The molecule has 0 aliphatic rings. The van der Waals surface area contributed by atoms with Gasteiger partial charge >= 0.3 is 0 Å². The molecule has 1 N–H and O–H groups in total. The lowest BCUT2D eigenvalue weighted by Crippen LogP contribution is -2.11. The molecule has 130 valence electrons. The van der Waals surface area contributed by atoms with Gasteiger partial charge in [0.05, 0.1) is 11.7 Å². The molecule has 2 aromatic carbocycles. The molecule has 0 aliphatic carbocycles. The lowest BCUT2D eigenvalue weighted by Gasteiger charge is -2.12. The number of hydrogen-bond donors (Lipinski definition) is 1. The molecular weight excluding hydrogens is 328 g/mol. The smallest absolute Gasteiger partial charge is 0.123 e. The fourth-order valence-electron chi connectivity index (χ4n) is 2.63. The standard InChI is InChI=1S/C21H24N2OS/c1-4-17-12-18(19-14-25-21(23-19)15(2)22-3)10-11-20(17)24-13-16-8-6-5-7-9-16/h5-12,14-15,22H,4,13H2,1-3H3. The van der Waals surface area contributed by atoms with Crippen LogP contribution >= 0.6 is 11.3 Å². The first-order chi connectivity index (χ1) is 12.2. The zero-order valence-corrected chi connectivity index (χ0v) is 15.8. The van der Waals surface area contributed by atoms with E-state index in [1.54, 1.807) is 11.3 Å². The topological polar surface area (TPSA) is 34.2 Å². The fraction of sp³-hybridized carbons (Fsp3) is 0.286. The van der Waals surface area contributed by atoms with E-state index in [0.29, 0.717) is 6.61 Å². The van der Waals surface area contributed by atoms with Crippen molar-refractivity contribution in [2.75, 3.05) is 7.05 Å². The van der Waals surface area contributed by atoms with Gasteiger partial charge in [-0.15, -0.1) is 11.3 Å². The number of aromatic nitrogens is 1. The largest absolute Gasteiger partial charge is 0.489 e. The molecule has 1 heterocycles. The molecule has 0 aliphatic heterocycles. The first-order valence-corrected chi connectivity index (χ1v) is 9.52.